The highest BCUT2D eigenvalue weighted by molar-refractivity contribution is 5.97. The molecule has 0 aliphatic rings. The minimum atomic E-state index is -1.27. The number of hydrogen-bond acceptors (Lipinski definition) is 5. The van der Waals surface area contributed by atoms with Crippen LogP contribution in [0.1, 0.15) is 17.3 Å². The number of aliphatic hydroxyl groups excluding tert-OH is 1. The summed E-state index contributed by atoms with van der Waals surface area (Å²) >= 11 is 0. The van der Waals surface area contributed by atoms with Crippen molar-refractivity contribution in [2.45, 2.75) is 12.5 Å². The van der Waals surface area contributed by atoms with Crippen molar-refractivity contribution in [3.8, 4) is 0 Å². The number of anilines is 1. The summed E-state index contributed by atoms with van der Waals surface area (Å²) < 4.78 is 0. The summed E-state index contributed by atoms with van der Waals surface area (Å²) in [6.07, 6.45) is 1.50. The van der Waals surface area contributed by atoms with E-state index in [0.717, 1.165) is 0 Å². The van der Waals surface area contributed by atoms with Crippen LogP contribution >= 0.6 is 0 Å². The third kappa shape index (κ3) is 3.18. The lowest BCUT2D eigenvalue weighted by molar-refractivity contribution is 0.0131. The summed E-state index contributed by atoms with van der Waals surface area (Å²) in [5, 5.41) is 21.2. The molecule has 1 aromatic rings. The number of nitrogens with zero attached hydrogens (tertiary/aromatic N) is 1. The van der Waals surface area contributed by atoms with Crippen molar-refractivity contribution in [2.75, 3.05) is 18.5 Å². The van der Waals surface area contributed by atoms with Crippen LogP contribution in [0.25, 0.3) is 0 Å². The maximum Gasteiger partial charge on any atom is 0.252 e. The molecule has 1 rings (SSSR count). The molecule has 0 aromatic carbocycles. The fourth-order valence-corrected chi connectivity index (χ4v) is 1.08. The molecule has 1 atom stereocenters. The van der Waals surface area contributed by atoms with E-state index < -0.39 is 18.1 Å². The van der Waals surface area contributed by atoms with Crippen molar-refractivity contribution < 1.29 is 15.0 Å². The standard InChI is InChI=1S/C10H15N3O3/c1-10(16,6-14)5-13-9-7(8(11)15)3-2-4-12-9/h2-4,14,16H,5-6H2,1H3,(H2,11,15)(H,12,13). The highest BCUT2D eigenvalue weighted by atomic mass is 16.3. The smallest absolute Gasteiger partial charge is 0.252 e. The van der Waals surface area contributed by atoms with Crippen LogP contribution in [-0.4, -0.2) is 39.9 Å². The summed E-state index contributed by atoms with van der Waals surface area (Å²) in [5.74, 6) is -0.303. The normalized spacial score (nSPS) is 14.2. The van der Waals surface area contributed by atoms with E-state index in [1.807, 2.05) is 0 Å². The maximum absolute atomic E-state index is 11.0. The predicted molar refractivity (Wildman–Crippen MR) is 59.0 cm³/mol. The molecule has 5 N–H and O–H groups in total. The largest absolute Gasteiger partial charge is 0.393 e. The number of carbonyl (C=O) groups is 1. The molecule has 0 spiro atoms. The van der Waals surface area contributed by atoms with Crippen LogP contribution in [0.2, 0.25) is 0 Å². The van der Waals surface area contributed by atoms with E-state index in [1.54, 1.807) is 6.07 Å². The highest BCUT2D eigenvalue weighted by Gasteiger charge is 2.19. The number of hydrogen-bond donors (Lipinski definition) is 4. The SMILES string of the molecule is CC(O)(CO)CNc1ncccc1C(N)=O. The Morgan fingerprint density at radius 1 is 1.69 bits per heavy atom. The molecule has 1 aromatic heterocycles. The monoisotopic (exact) mass is 225 g/mol. The van der Waals surface area contributed by atoms with Gasteiger partial charge in [0.1, 0.15) is 11.4 Å². The Morgan fingerprint density at radius 3 is 2.94 bits per heavy atom. The number of aromatic nitrogens is 1. The van der Waals surface area contributed by atoms with Crippen molar-refractivity contribution in [1.82, 2.24) is 4.98 Å². The van der Waals surface area contributed by atoms with Crippen molar-refractivity contribution in [3.63, 3.8) is 0 Å². The van der Waals surface area contributed by atoms with Gasteiger partial charge in [-0.3, -0.25) is 4.79 Å². The van der Waals surface area contributed by atoms with Crippen molar-refractivity contribution in [1.29, 1.82) is 0 Å². The minimum absolute atomic E-state index is 0.0702. The van der Waals surface area contributed by atoms with E-state index >= 15 is 0 Å². The lowest BCUT2D eigenvalue weighted by Gasteiger charge is -2.21. The first kappa shape index (κ1) is 12.4. The highest BCUT2D eigenvalue weighted by Crippen LogP contribution is 2.12. The van der Waals surface area contributed by atoms with Gasteiger partial charge in [0, 0.05) is 12.7 Å². The Hall–Kier alpha value is -1.66. The van der Waals surface area contributed by atoms with Crippen LogP contribution in [0.15, 0.2) is 18.3 Å². The quantitative estimate of drug-likeness (QED) is 0.531. The molecule has 0 fully saturated rings. The van der Waals surface area contributed by atoms with Crippen LogP contribution in [0.3, 0.4) is 0 Å². The second-order valence-electron chi connectivity index (χ2n) is 3.77. The van der Waals surface area contributed by atoms with Crippen LogP contribution < -0.4 is 11.1 Å². The molecule has 6 nitrogen and oxygen atoms in total. The van der Waals surface area contributed by atoms with Gasteiger partial charge in [-0.1, -0.05) is 0 Å². The minimum Gasteiger partial charge on any atom is -0.393 e. The van der Waals surface area contributed by atoms with E-state index in [9.17, 15) is 9.90 Å². The molecule has 1 amide bonds. The van der Waals surface area contributed by atoms with Crippen molar-refractivity contribution in [3.05, 3.63) is 23.9 Å². The van der Waals surface area contributed by atoms with Crippen LogP contribution in [0.4, 0.5) is 5.82 Å². The van der Waals surface area contributed by atoms with E-state index in [1.165, 1.54) is 19.2 Å². The molecule has 16 heavy (non-hydrogen) atoms. The molecule has 0 saturated carbocycles. The second-order valence-corrected chi connectivity index (χ2v) is 3.77. The molecular formula is C10H15N3O3. The van der Waals surface area contributed by atoms with E-state index in [4.69, 9.17) is 10.8 Å². The molecule has 1 heterocycles. The van der Waals surface area contributed by atoms with Gasteiger partial charge in [0.2, 0.25) is 0 Å². The van der Waals surface area contributed by atoms with Gasteiger partial charge < -0.3 is 21.3 Å². The number of carbonyl (C=O) groups excluding carboxylic acids is 1. The van der Waals surface area contributed by atoms with E-state index in [-0.39, 0.29) is 12.1 Å². The summed E-state index contributed by atoms with van der Waals surface area (Å²) in [4.78, 5) is 15.0. The van der Waals surface area contributed by atoms with Crippen molar-refractivity contribution in [2.24, 2.45) is 5.73 Å². The summed E-state index contributed by atoms with van der Waals surface area (Å²) in [5.41, 5.74) is 4.13. The molecular weight excluding hydrogens is 210 g/mol. The second kappa shape index (κ2) is 4.91. The van der Waals surface area contributed by atoms with Gasteiger partial charge in [-0.05, 0) is 19.1 Å². The molecule has 6 heteroatoms. The van der Waals surface area contributed by atoms with Crippen LogP contribution in [-0.2, 0) is 0 Å². The lowest BCUT2D eigenvalue weighted by atomic mass is 10.1. The molecule has 1 unspecified atom stereocenters. The Kier molecular flexibility index (Phi) is 3.81. The first-order chi connectivity index (χ1) is 7.46. The van der Waals surface area contributed by atoms with Crippen molar-refractivity contribution >= 4 is 11.7 Å². The summed E-state index contributed by atoms with van der Waals surface area (Å²) in [6, 6.07) is 3.13. The predicted octanol–water partition coefficient (Wildman–Crippen LogP) is -0.664. The van der Waals surface area contributed by atoms with Gasteiger partial charge >= 0.3 is 0 Å². The fourth-order valence-electron chi connectivity index (χ4n) is 1.08. The van der Waals surface area contributed by atoms with Crippen LogP contribution in [0, 0.1) is 0 Å². The first-order valence-electron chi connectivity index (χ1n) is 4.78. The maximum atomic E-state index is 11.0. The Bertz CT molecular complexity index is 379. The Labute approximate surface area is 93.1 Å². The van der Waals surface area contributed by atoms with Gasteiger partial charge in [-0.15, -0.1) is 0 Å². The molecule has 0 bridgehead atoms. The molecule has 88 valence electrons. The van der Waals surface area contributed by atoms with Crippen LogP contribution in [0.5, 0.6) is 0 Å². The third-order valence-electron chi connectivity index (χ3n) is 2.05. The Balaban J connectivity index is 2.78. The lowest BCUT2D eigenvalue weighted by Crippen LogP contribution is -2.37. The first-order valence-corrected chi connectivity index (χ1v) is 4.78. The van der Waals surface area contributed by atoms with E-state index in [2.05, 4.69) is 10.3 Å². The number of primary amides is 1. The van der Waals surface area contributed by atoms with Gasteiger partial charge in [-0.2, -0.15) is 0 Å². The van der Waals surface area contributed by atoms with Gasteiger partial charge in [0.25, 0.3) is 5.91 Å². The molecule has 0 saturated heterocycles. The van der Waals surface area contributed by atoms with Gasteiger partial charge in [0.05, 0.1) is 12.2 Å². The topological polar surface area (TPSA) is 108 Å². The number of pyridine rings is 1. The Morgan fingerprint density at radius 2 is 2.38 bits per heavy atom. The third-order valence-corrected chi connectivity index (χ3v) is 2.05. The zero-order chi connectivity index (χ0) is 12.2. The zero-order valence-electron chi connectivity index (χ0n) is 8.97. The average Bonchev–Trinajstić information content (AvgIpc) is 2.27. The van der Waals surface area contributed by atoms with E-state index in [0.29, 0.717) is 5.82 Å². The van der Waals surface area contributed by atoms with Gasteiger partial charge in [0.15, 0.2) is 0 Å². The number of amides is 1. The summed E-state index contributed by atoms with van der Waals surface area (Å²) in [6.45, 7) is 1.15. The summed E-state index contributed by atoms with van der Waals surface area (Å²) in [7, 11) is 0. The number of nitrogens with two attached hydrogens (primary N) is 1. The number of rotatable bonds is 5. The molecule has 0 radical (unpaired) electrons. The molecule has 0 aliphatic carbocycles. The zero-order valence-corrected chi connectivity index (χ0v) is 8.97. The molecule has 0 aliphatic heterocycles. The number of nitrogens with one attached hydrogen (secondary N) is 1. The number of aliphatic hydroxyl groups is 2. The average molecular weight is 225 g/mol. The van der Waals surface area contributed by atoms with Gasteiger partial charge in [-0.25, -0.2) is 4.98 Å². The fraction of sp³-hybridized carbons (Fsp3) is 0.400.